The molecule has 1 saturated carbocycles. The maximum atomic E-state index is 13.4. The Morgan fingerprint density at radius 3 is 2.48 bits per heavy atom. The number of amides is 1. The standard InChI is InChI=1S/C24H23N5O2/c1-15-7-3-5-9-19(15)26-21(30)14-28-24(31)23-18(22(27-28)17-11-12-17)13-25-29(23)20-10-6-4-8-16(20)2/h3-10,13,17H,11-12,14H2,1-2H3,(H,26,30). The molecule has 1 aliphatic rings. The molecule has 156 valence electrons. The lowest BCUT2D eigenvalue weighted by molar-refractivity contribution is -0.117. The van der Waals surface area contributed by atoms with E-state index in [9.17, 15) is 9.59 Å². The summed E-state index contributed by atoms with van der Waals surface area (Å²) in [5.41, 5.74) is 4.55. The first-order chi connectivity index (χ1) is 15.0. The molecule has 5 rings (SSSR count). The van der Waals surface area contributed by atoms with Crippen LogP contribution in [0.2, 0.25) is 0 Å². The molecule has 4 aromatic rings. The second-order valence-electron chi connectivity index (χ2n) is 8.09. The van der Waals surface area contributed by atoms with Crippen LogP contribution in [-0.4, -0.2) is 25.5 Å². The topological polar surface area (TPSA) is 81.8 Å². The van der Waals surface area contributed by atoms with Crippen LogP contribution in [0.1, 0.15) is 35.6 Å². The van der Waals surface area contributed by atoms with Crippen molar-refractivity contribution < 1.29 is 4.79 Å². The third-order valence-electron chi connectivity index (χ3n) is 5.73. The van der Waals surface area contributed by atoms with Gasteiger partial charge in [0.25, 0.3) is 5.56 Å². The molecule has 0 atom stereocenters. The molecule has 0 spiro atoms. The van der Waals surface area contributed by atoms with Crippen LogP contribution in [-0.2, 0) is 11.3 Å². The second kappa shape index (κ2) is 7.50. The quantitative estimate of drug-likeness (QED) is 0.541. The van der Waals surface area contributed by atoms with Gasteiger partial charge < -0.3 is 5.32 Å². The van der Waals surface area contributed by atoms with Gasteiger partial charge in [-0.15, -0.1) is 0 Å². The van der Waals surface area contributed by atoms with Gasteiger partial charge in [0.15, 0.2) is 0 Å². The summed E-state index contributed by atoms with van der Waals surface area (Å²) in [6.07, 6.45) is 3.79. The average Bonchev–Trinajstić information content (AvgIpc) is 3.50. The van der Waals surface area contributed by atoms with Crippen molar-refractivity contribution in [1.82, 2.24) is 19.6 Å². The smallest absolute Gasteiger partial charge is 0.293 e. The number of benzene rings is 2. The molecule has 7 nitrogen and oxygen atoms in total. The summed E-state index contributed by atoms with van der Waals surface area (Å²) in [7, 11) is 0. The molecule has 1 aliphatic carbocycles. The highest BCUT2D eigenvalue weighted by Gasteiger charge is 2.30. The lowest BCUT2D eigenvalue weighted by atomic mass is 10.1. The molecular weight excluding hydrogens is 390 g/mol. The number of nitrogens with one attached hydrogen (secondary N) is 1. The van der Waals surface area contributed by atoms with Crippen LogP contribution in [0.4, 0.5) is 5.69 Å². The van der Waals surface area contributed by atoms with Gasteiger partial charge >= 0.3 is 0 Å². The van der Waals surface area contributed by atoms with Crippen LogP contribution in [0.3, 0.4) is 0 Å². The number of carbonyl (C=O) groups is 1. The van der Waals surface area contributed by atoms with Crippen LogP contribution < -0.4 is 10.9 Å². The first kappa shape index (κ1) is 19.2. The minimum absolute atomic E-state index is 0.151. The number of hydrogen-bond donors (Lipinski definition) is 1. The number of fused-ring (bicyclic) bond motifs is 1. The number of nitrogens with zero attached hydrogens (tertiary/aromatic N) is 4. The normalized spacial score (nSPS) is 13.5. The van der Waals surface area contributed by atoms with Gasteiger partial charge in [0, 0.05) is 17.0 Å². The van der Waals surface area contributed by atoms with Crippen molar-refractivity contribution >= 4 is 22.5 Å². The predicted octanol–water partition coefficient (Wildman–Crippen LogP) is 3.72. The van der Waals surface area contributed by atoms with Gasteiger partial charge in [0.2, 0.25) is 5.91 Å². The van der Waals surface area contributed by atoms with Crippen LogP contribution in [0.25, 0.3) is 16.6 Å². The number of hydrogen-bond acceptors (Lipinski definition) is 4. The number of carbonyl (C=O) groups excluding carboxylic acids is 1. The Labute approximate surface area is 179 Å². The third-order valence-corrected chi connectivity index (χ3v) is 5.73. The molecule has 0 saturated heterocycles. The molecule has 1 amide bonds. The van der Waals surface area contributed by atoms with Crippen LogP contribution in [0, 0.1) is 13.8 Å². The Morgan fingerprint density at radius 2 is 1.77 bits per heavy atom. The third kappa shape index (κ3) is 3.52. The van der Waals surface area contributed by atoms with Gasteiger partial charge in [-0.25, -0.2) is 9.36 Å². The number of aryl methyl sites for hydroxylation is 2. The van der Waals surface area contributed by atoms with Gasteiger partial charge in [0.1, 0.15) is 12.1 Å². The van der Waals surface area contributed by atoms with Crippen molar-refractivity contribution in [2.24, 2.45) is 0 Å². The van der Waals surface area contributed by atoms with Crippen LogP contribution >= 0.6 is 0 Å². The lowest BCUT2D eigenvalue weighted by Gasteiger charge is -2.12. The molecule has 2 aromatic heterocycles. The molecule has 0 unspecified atom stereocenters. The summed E-state index contributed by atoms with van der Waals surface area (Å²) in [5, 5.41) is 12.8. The number of aromatic nitrogens is 4. The summed E-state index contributed by atoms with van der Waals surface area (Å²) in [6, 6.07) is 15.4. The van der Waals surface area contributed by atoms with Crippen molar-refractivity contribution in [1.29, 1.82) is 0 Å². The molecule has 0 aliphatic heterocycles. The largest absolute Gasteiger partial charge is 0.324 e. The number of anilines is 1. The minimum atomic E-state index is -0.319. The first-order valence-electron chi connectivity index (χ1n) is 10.4. The van der Waals surface area contributed by atoms with Crippen molar-refractivity contribution in [3.8, 4) is 5.69 Å². The van der Waals surface area contributed by atoms with Crippen molar-refractivity contribution in [2.45, 2.75) is 39.2 Å². The van der Waals surface area contributed by atoms with Crippen LogP contribution in [0.15, 0.2) is 59.5 Å². The highest BCUT2D eigenvalue weighted by Crippen LogP contribution is 2.41. The zero-order valence-electron chi connectivity index (χ0n) is 17.5. The second-order valence-corrected chi connectivity index (χ2v) is 8.09. The van der Waals surface area contributed by atoms with Crippen molar-refractivity contribution in [2.75, 3.05) is 5.32 Å². The minimum Gasteiger partial charge on any atom is -0.324 e. The molecule has 0 radical (unpaired) electrons. The maximum Gasteiger partial charge on any atom is 0.293 e. The van der Waals surface area contributed by atoms with E-state index in [1.54, 1.807) is 10.9 Å². The number of para-hydroxylation sites is 2. The molecule has 2 heterocycles. The van der Waals surface area contributed by atoms with E-state index >= 15 is 0 Å². The van der Waals surface area contributed by atoms with E-state index < -0.39 is 0 Å². The fourth-order valence-corrected chi connectivity index (χ4v) is 3.88. The summed E-state index contributed by atoms with van der Waals surface area (Å²) >= 11 is 0. The SMILES string of the molecule is Cc1ccccc1NC(=O)Cn1nc(C2CC2)c2cnn(-c3ccccc3C)c2c1=O. The van der Waals surface area contributed by atoms with Crippen molar-refractivity contribution in [3.05, 3.63) is 81.9 Å². The van der Waals surface area contributed by atoms with E-state index in [1.165, 1.54) is 4.68 Å². The Bertz CT molecular complexity index is 1360. The van der Waals surface area contributed by atoms with E-state index in [0.717, 1.165) is 46.4 Å². The molecule has 1 N–H and O–H groups in total. The predicted molar refractivity (Wildman–Crippen MR) is 120 cm³/mol. The molecular formula is C24H23N5O2. The molecule has 1 fully saturated rings. The zero-order valence-corrected chi connectivity index (χ0v) is 17.5. The molecule has 31 heavy (non-hydrogen) atoms. The van der Waals surface area contributed by atoms with Gasteiger partial charge in [-0.05, 0) is 49.9 Å². The van der Waals surface area contributed by atoms with E-state index in [4.69, 9.17) is 0 Å². The summed E-state index contributed by atoms with van der Waals surface area (Å²) in [5.74, 6) is 0.0234. The molecule has 0 bridgehead atoms. The maximum absolute atomic E-state index is 13.4. The van der Waals surface area contributed by atoms with Gasteiger partial charge in [0.05, 0.1) is 17.6 Å². The van der Waals surface area contributed by atoms with Crippen molar-refractivity contribution in [3.63, 3.8) is 0 Å². The van der Waals surface area contributed by atoms with E-state index in [-0.39, 0.29) is 18.0 Å². The highest BCUT2D eigenvalue weighted by molar-refractivity contribution is 5.91. The molecule has 7 heteroatoms. The van der Waals surface area contributed by atoms with Gasteiger partial charge in [-0.2, -0.15) is 10.2 Å². The zero-order chi connectivity index (χ0) is 21.5. The fourth-order valence-electron chi connectivity index (χ4n) is 3.88. The van der Waals surface area contributed by atoms with E-state index in [1.807, 2.05) is 62.4 Å². The summed E-state index contributed by atoms with van der Waals surface area (Å²) in [6.45, 7) is 3.76. The highest BCUT2D eigenvalue weighted by atomic mass is 16.2. The first-order valence-corrected chi connectivity index (χ1v) is 10.4. The Kier molecular flexibility index (Phi) is 4.66. The van der Waals surface area contributed by atoms with Gasteiger partial charge in [-0.3, -0.25) is 9.59 Å². The summed E-state index contributed by atoms with van der Waals surface area (Å²) < 4.78 is 2.95. The van der Waals surface area contributed by atoms with E-state index in [2.05, 4.69) is 15.5 Å². The Balaban J connectivity index is 1.59. The lowest BCUT2D eigenvalue weighted by Crippen LogP contribution is -2.31. The Morgan fingerprint density at radius 1 is 1.06 bits per heavy atom. The average molecular weight is 413 g/mol. The van der Waals surface area contributed by atoms with E-state index in [0.29, 0.717) is 11.4 Å². The van der Waals surface area contributed by atoms with Gasteiger partial charge in [-0.1, -0.05) is 36.4 Å². The fraction of sp³-hybridized carbons (Fsp3) is 0.250. The van der Waals surface area contributed by atoms with Crippen LogP contribution in [0.5, 0.6) is 0 Å². The monoisotopic (exact) mass is 413 g/mol. The molecule has 2 aromatic carbocycles. The number of rotatable bonds is 5. The summed E-state index contributed by atoms with van der Waals surface area (Å²) in [4.78, 5) is 26.1. The Hall–Kier alpha value is -3.74.